The van der Waals surface area contributed by atoms with Crippen LogP contribution in [0.5, 0.6) is 5.75 Å². The zero-order valence-corrected chi connectivity index (χ0v) is 16.5. The molecule has 0 aliphatic heterocycles. The summed E-state index contributed by atoms with van der Waals surface area (Å²) in [6.45, 7) is 5.01. The molecule has 28 heavy (non-hydrogen) atoms. The number of nitrogens with one attached hydrogen (secondary N) is 2. The molecule has 2 aromatic rings. The maximum Gasteiger partial charge on any atom is 0.226 e. The van der Waals surface area contributed by atoms with E-state index in [0.717, 1.165) is 5.56 Å². The first-order chi connectivity index (χ1) is 13.3. The van der Waals surface area contributed by atoms with Crippen molar-refractivity contribution in [3.8, 4) is 5.75 Å². The van der Waals surface area contributed by atoms with Crippen LogP contribution in [-0.4, -0.2) is 31.4 Å². The predicted molar refractivity (Wildman–Crippen MR) is 110 cm³/mol. The number of anilines is 3. The topological polar surface area (TPSA) is 87.7 Å². The fraction of sp³-hybridized carbons (Fsp3) is 0.286. The van der Waals surface area contributed by atoms with Crippen LogP contribution in [0.15, 0.2) is 42.5 Å². The van der Waals surface area contributed by atoms with Crippen LogP contribution in [0.25, 0.3) is 0 Å². The van der Waals surface area contributed by atoms with E-state index in [2.05, 4.69) is 10.6 Å². The molecule has 0 aliphatic carbocycles. The summed E-state index contributed by atoms with van der Waals surface area (Å²) in [7, 11) is 1.54. The Kier molecular flexibility index (Phi) is 7.14. The van der Waals surface area contributed by atoms with Gasteiger partial charge in [0.05, 0.1) is 12.8 Å². The van der Waals surface area contributed by atoms with E-state index in [1.54, 1.807) is 37.4 Å². The highest BCUT2D eigenvalue weighted by Gasteiger charge is 2.18. The lowest BCUT2D eigenvalue weighted by Gasteiger charge is -2.23. The van der Waals surface area contributed by atoms with Gasteiger partial charge in [-0.1, -0.05) is 12.1 Å². The van der Waals surface area contributed by atoms with Gasteiger partial charge in [-0.3, -0.25) is 14.4 Å². The Bertz CT molecular complexity index is 880. The molecular weight excluding hydrogens is 358 g/mol. The molecule has 0 bridgehead atoms. The van der Waals surface area contributed by atoms with Gasteiger partial charge in [-0.15, -0.1) is 0 Å². The number of amides is 3. The number of hydrogen-bond acceptors (Lipinski definition) is 4. The molecule has 0 saturated heterocycles. The third-order valence-corrected chi connectivity index (χ3v) is 4.03. The fourth-order valence-corrected chi connectivity index (χ4v) is 2.77. The normalized spacial score (nSPS) is 10.1. The highest BCUT2D eigenvalue weighted by Crippen LogP contribution is 2.29. The van der Waals surface area contributed by atoms with Crippen molar-refractivity contribution < 1.29 is 19.1 Å². The third kappa shape index (κ3) is 5.84. The molecular formula is C21H25N3O4. The smallest absolute Gasteiger partial charge is 0.226 e. The molecule has 2 N–H and O–H groups in total. The SMILES string of the molecule is COc1ccc(C)cc1N(CCC(=O)Nc1cccc(NC(C)=O)c1)C(C)=O. The minimum atomic E-state index is -0.238. The highest BCUT2D eigenvalue weighted by molar-refractivity contribution is 5.96. The average Bonchev–Trinajstić information content (AvgIpc) is 2.61. The lowest BCUT2D eigenvalue weighted by molar-refractivity contribution is -0.117. The molecule has 2 aromatic carbocycles. The van der Waals surface area contributed by atoms with Crippen LogP contribution in [0.1, 0.15) is 25.8 Å². The summed E-state index contributed by atoms with van der Waals surface area (Å²) >= 11 is 0. The molecule has 3 amide bonds. The number of aryl methyl sites for hydroxylation is 1. The summed E-state index contributed by atoms with van der Waals surface area (Å²) in [5.41, 5.74) is 2.79. The zero-order chi connectivity index (χ0) is 20.7. The Morgan fingerprint density at radius 1 is 1.00 bits per heavy atom. The number of hydrogen-bond donors (Lipinski definition) is 2. The van der Waals surface area contributed by atoms with Crippen LogP contribution in [0, 0.1) is 6.92 Å². The molecule has 7 nitrogen and oxygen atoms in total. The molecule has 148 valence electrons. The van der Waals surface area contributed by atoms with E-state index < -0.39 is 0 Å². The summed E-state index contributed by atoms with van der Waals surface area (Å²) in [5, 5.41) is 5.45. The van der Waals surface area contributed by atoms with E-state index in [-0.39, 0.29) is 30.7 Å². The monoisotopic (exact) mass is 383 g/mol. The number of rotatable bonds is 7. The van der Waals surface area contributed by atoms with Gasteiger partial charge in [-0.2, -0.15) is 0 Å². The standard InChI is InChI=1S/C21H25N3O4/c1-14-8-9-20(28-4)19(12-14)24(16(3)26)11-10-21(27)23-18-7-5-6-17(13-18)22-15(2)25/h5-9,12-13H,10-11H2,1-4H3,(H,22,25)(H,23,27). The van der Waals surface area contributed by atoms with Crippen molar-refractivity contribution in [3.63, 3.8) is 0 Å². The number of benzene rings is 2. The Labute approximate surface area is 164 Å². The summed E-state index contributed by atoms with van der Waals surface area (Å²) in [4.78, 5) is 37.2. The third-order valence-electron chi connectivity index (χ3n) is 4.03. The molecule has 0 aliphatic rings. The molecule has 0 atom stereocenters. The molecule has 0 fully saturated rings. The van der Waals surface area contributed by atoms with E-state index in [0.29, 0.717) is 22.8 Å². The largest absolute Gasteiger partial charge is 0.495 e. The second-order valence-corrected chi connectivity index (χ2v) is 6.41. The van der Waals surface area contributed by atoms with Crippen molar-refractivity contribution in [2.75, 3.05) is 29.2 Å². The minimum Gasteiger partial charge on any atom is -0.495 e. The maximum atomic E-state index is 12.4. The van der Waals surface area contributed by atoms with Gasteiger partial charge in [-0.05, 0) is 42.8 Å². The van der Waals surface area contributed by atoms with E-state index in [1.807, 2.05) is 19.1 Å². The Morgan fingerprint density at radius 3 is 2.29 bits per heavy atom. The lowest BCUT2D eigenvalue weighted by Crippen LogP contribution is -2.32. The Morgan fingerprint density at radius 2 is 1.68 bits per heavy atom. The van der Waals surface area contributed by atoms with Crippen LogP contribution >= 0.6 is 0 Å². The van der Waals surface area contributed by atoms with Crippen molar-refractivity contribution in [1.82, 2.24) is 0 Å². The molecule has 0 heterocycles. The van der Waals surface area contributed by atoms with Gasteiger partial charge in [0.25, 0.3) is 0 Å². The quantitative estimate of drug-likeness (QED) is 0.768. The van der Waals surface area contributed by atoms with Gasteiger partial charge in [0.2, 0.25) is 17.7 Å². The Balaban J connectivity index is 2.06. The zero-order valence-electron chi connectivity index (χ0n) is 16.5. The molecule has 0 saturated carbocycles. The van der Waals surface area contributed by atoms with Gasteiger partial charge in [0, 0.05) is 38.2 Å². The number of methoxy groups -OCH3 is 1. The molecule has 0 radical (unpaired) electrons. The van der Waals surface area contributed by atoms with E-state index in [4.69, 9.17) is 4.74 Å². The predicted octanol–water partition coefficient (Wildman–Crippen LogP) is 3.34. The van der Waals surface area contributed by atoms with E-state index >= 15 is 0 Å². The first-order valence-electron chi connectivity index (χ1n) is 8.90. The van der Waals surface area contributed by atoms with Crippen molar-refractivity contribution in [3.05, 3.63) is 48.0 Å². The molecule has 0 spiro atoms. The number of ether oxygens (including phenoxy) is 1. The summed E-state index contributed by atoms with van der Waals surface area (Å²) < 4.78 is 5.35. The number of nitrogens with zero attached hydrogens (tertiary/aromatic N) is 1. The van der Waals surface area contributed by atoms with Crippen LogP contribution in [0.4, 0.5) is 17.1 Å². The number of carbonyl (C=O) groups excluding carboxylic acids is 3. The van der Waals surface area contributed by atoms with Crippen LogP contribution in [-0.2, 0) is 14.4 Å². The lowest BCUT2D eigenvalue weighted by atomic mass is 10.1. The van der Waals surface area contributed by atoms with Crippen molar-refractivity contribution in [2.24, 2.45) is 0 Å². The summed E-state index contributed by atoms with van der Waals surface area (Å²) in [6.07, 6.45) is 0.112. The second-order valence-electron chi connectivity index (χ2n) is 6.41. The van der Waals surface area contributed by atoms with Gasteiger partial charge in [-0.25, -0.2) is 0 Å². The fourth-order valence-electron chi connectivity index (χ4n) is 2.77. The maximum absolute atomic E-state index is 12.4. The van der Waals surface area contributed by atoms with Gasteiger partial charge in [0.15, 0.2) is 0 Å². The first-order valence-corrected chi connectivity index (χ1v) is 8.90. The molecule has 2 rings (SSSR count). The molecule has 0 aromatic heterocycles. The van der Waals surface area contributed by atoms with Crippen LogP contribution in [0.3, 0.4) is 0 Å². The van der Waals surface area contributed by atoms with E-state index in [9.17, 15) is 14.4 Å². The highest BCUT2D eigenvalue weighted by atomic mass is 16.5. The molecule has 0 unspecified atom stereocenters. The first kappa shape index (κ1) is 21.0. The second kappa shape index (κ2) is 9.55. The van der Waals surface area contributed by atoms with Crippen molar-refractivity contribution in [2.45, 2.75) is 27.2 Å². The Hall–Kier alpha value is -3.35. The van der Waals surface area contributed by atoms with Gasteiger partial charge < -0.3 is 20.3 Å². The minimum absolute atomic E-state index is 0.112. The van der Waals surface area contributed by atoms with Crippen LogP contribution in [0.2, 0.25) is 0 Å². The number of carbonyl (C=O) groups is 3. The van der Waals surface area contributed by atoms with Crippen molar-refractivity contribution >= 4 is 34.8 Å². The van der Waals surface area contributed by atoms with Crippen molar-refractivity contribution in [1.29, 1.82) is 0 Å². The average molecular weight is 383 g/mol. The van der Waals surface area contributed by atoms with E-state index in [1.165, 1.54) is 18.7 Å². The summed E-state index contributed by atoms with van der Waals surface area (Å²) in [6, 6.07) is 12.4. The molecule has 7 heteroatoms. The summed E-state index contributed by atoms with van der Waals surface area (Å²) in [5.74, 6) is -0.0286. The van der Waals surface area contributed by atoms with Gasteiger partial charge >= 0.3 is 0 Å². The van der Waals surface area contributed by atoms with Crippen LogP contribution < -0.4 is 20.3 Å². The van der Waals surface area contributed by atoms with Gasteiger partial charge in [0.1, 0.15) is 5.75 Å².